The third kappa shape index (κ3) is 4.11. The smallest absolute Gasteiger partial charge is 0.0540 e. The summed E-state index contributed by atoms with van der Waals surface area (Å²) in [5.41, 5.74) is 2.43. The van der Waals surface area contributed by atoms with Gasteiger partial charge in [-0.05, 0) is 41.3 Å². The molecule has 2 rings (SSSR count). The van der Waals surface area contributed by atoms with Crippen LogP contribution in [0.2, 0.25) is 0 Å². The Balaban J connectivity index is 2.19. The van der Waals surface area contributed by atoms with Crippen molar-refractivity contribution in [1.82, 2.24) is 0 Å². The molecule has 20 heavy (non-hydrogen) atoms. The van der Waals surface area contributed by atoms with Crippen LogP contribution in [0, 0.1) is 11.8 Å². The van der Waals surface area contributed by atoms with E-state index in [9.17, 15) is 0 Å². The number of unbranched alkanes of at least 4 members (excludes halogenated alkanes) is 2. The maximum atomic E-state index is 8.75. The van der Waals surface area contributed by atoms with E-state index in [0.717, 1.165) is 12.0 Å². The second-order valence-electron chi connectivity index (χ2n) is 5.13. The van der Waals surface area contributed by atoms with Gasteiger partial charge in [0.15, 0.2) is 0 Å². The van der Waals surface area contributed by atoms with Crippen LogP contribution in [0.3, 0.4) is 0 Å². The molecule has 1 N–H and O–H groups in total. The van der Waals surface area contributed by atoms with Crippen molar-refractivity contribution in [2.45, 2.75) is 39.0 Å². The molecule has 0 bridgehead atoms. The number of hydrogen-bond donors (Lipinski definition) is 1. The minimum absolute atomic E-state index is 0.127. The van der Waals surface area contributed by atoms with E-state index in [1.165, 1.54) is 35.6 Å². The van der Waals surface area contributed by atoms with Crippen LogP contribution in [0.1, 0.15) is 43.7 Å². The number of aliphatic hydroxyl groups excluding tert-OH is 1. The second kappa shape index (κ2) is 7.72. The maximum Gasteiger partial charge on any atom is 0.0540 e. The quantitative estimate of drug-likeness (QED) is 0.631. The number of benzene rings is 2. The van der Waals surface area contributed by atoms with Crippen LogP contribution in [0.25, 0.3) is 10.8 Å². The summed E-state index contributed by atoms with van der Waals surface area (Å²) in [5.74, 6) is 6.07. The lowest BCUT2D eigenvalue weighted by Crippen LogP contribution is -1.86. The first-order valence-corrected chi connectivity index (χ1v) is 7.46. The predicted octanol–water partition coefficient (Wildman–Crippen LogP) is 4.31. The molecule has 0 saturated heterocycles. The van der Waals surface area contributed by atoms with Crippen LogP contribution < -0.4 is 0 Å². The molecule has 0 saturated carbocycles. The topological polar surface area (TPSA) is 20.2 Å². The molecule has 0 fully saturated rings. The minimum atomic E-state index is 0.127. The third-order valence-electron chi connectivity index (χ3n) is 3.44. The van der Waals surface area contributed by atoms with Gasteiger partial charge >= 0.3 is 0 Å². The molecule has 1 heteroatoms. The van der Waals surface area contributed by atoms with Crippen molar-refractivity contribution >= 4 is 10.8 Å². The van der Waals surface area contributed by atoms with Gasteiger partial charge in [-0.2, -0.15) is 0 Å². The molecule has 0 aromatic heterocycles. The van der Waals surface area contributed by atoms with Crippen molar-refractivity contribution < 1.29 is 5.11 Å². The average Bonchev–Trinajstić information content (AvgIpc) is 2.47. The molecule has 104 valence electrons. The monoisotopic (exact) mass is 266 g/mol. The number of rotatable bonds is 5. The fraction of sp³-hybridized carbons (Fsp3) is 0.368. The summed E-state index contributed by atoms with van der Waals surface area (Å²) in [6, 6.07) is 13.0. The molecule has 0 spiro atoms. The van der Waals surface area contributed by atoms with E-state index in [1.807, 2.05) is 6.07 Å². The zero-order chi connectivity index (χ0) is 14.2. The lowest BCUT2D eigenvalue weighted by molar-refractivity contribution is 0.305. The average molecular weight is 266 g/mol. The van der Waals surface area contributed by atoms with E-state index >= 15 is 0 Å². The van der Waals surface area contributed by atoms with Crippen molar-refractivity contribution in [3.05, 3.63) is 47.5 Å². The highest BCUT2D eigenvalue weighted by Gasteiger charge is 1.98. The first-order valence-electron chi connectivity index (χ1n) is 7.46. The Bertz CT molecular complexity index is 616. The van der Waals surface area contributed by atoms with Crippen molar-refractivity contribution in [3.8, 4) is 11.8 Å². The number of aryl methyl sites for hydroxylation is 1. The second-order valence-corrected chi connectivity index (χ2v) is 5.13. The Kier molecular flexibility index (Phi) is 5.65. The Morgan fingerprint density at radius 2 is 1.85 bits per heavy atom. The standard InChI is InChI=1S/C19H22O/c1-2-3-4-7-16-9-11-18-12-10-17(8-5-6-13-20)15-19(18)14-16/h9-12,14-15,20H,2-4,6-7,13H2,1H3. The Morgan fingerprint density at radius 3 is 2.65 bits per heavy atom. The first kappa shape index (κ1) is 14.6. The third-order valence-corrected chi connectivity index (χ3v) is 3.44. The van der Waals surface area contributed by atoms with E-state index in [4.69, 9.17) is 5.11 Å². The van der Waals surface area contributed by atoms with Gasteiger partial charge in [0.1, 0.15) is 0 Å². The number of fused-ring (bicyclic) bond motifs is 1. The normalized spacial score (nSPS) is 10.3. The zero-order valence-electron chi connectivity index (χ0n) is 12.2. The molecule has 2 aromatic carbocycles. The van der Waals surface area contributed by atoms with Gasteiger partial charge < -0.3 is 5.11 Å². The summed E-state index contributed by atoms with van der Waals surface area (Å²) < 4.78 is 0. The van der Waals surface area contributed by atoms with Crippen LogP contribution in [-0.2, 0) is 6.42 Å². The van der Waals surface area contributed by atoms with Crippen LogP contribution in [0.15, 0.2) is 36.4 Å². The lowest BCUT2D eigenvalue weighted by Gasteiger charge is -2.04. The lowest BCUT2D eigenvalue weighted by atomic mass is 10.0. The molecule has 0 amide bonds. The van der Waals surface area contributed by atoms with E-state index in [-0.39, 0.29) is 6.61 Å². The van der Waals surface area contributed by atoms with Gasteiger partial charge in [0, 0.05) is 12.0 Å². The van der Waals surface area contributed by atoms with Gasteiger partial charge in [-0.3, -0.25) is 0 Å². The van der Waals surface area contributed by atoms with Crippen LogP contribution in [-0.4, -0.2) is 11.7 Å². The highest BCUT2D eigenvalue weighted by atomic mass is 16.2. The number of aliphatic hydroxyl groups is 1. The summed E-state index contributed by atoms with van der Waals surface area (Å²) >= 11 is 0. The SMILES string of the molecule is CCCCCc1ccc2ccc(C#CCCO)cc2c1. The number of hydrogen-bond acceptors (Lipinski definition) is 1. The van der Waals surface area contributed by atoms with Gasteiger partial charge in [-0.15, -0.1) is 0 Å². The highest BCUT2D eigenvalue weighted by Crippen LogP contribution is 2.19. The van der Waals surface area contributed by atoms with E-state index in [0.29, 0.717) is 6.42 Å². The summed E-state index contributed by atoms with van der Waals surface area (Å²) in [7, 11) is 0. The molecule has 0 heterocycles. The van der Waals surface area contributed by atoms with E-state index in [2.05, 4.69) is 49.1 Å². The van der Waals surface area contributed by atoms with Gasteiger partial charge in [-0.25, -0.2) is 0 Å². The highest BCUT2D eigenvalue weighted by molar-refractivity contribution is 5.84. The summed E-state index contributed by atoms with van der Waals surface area (Å²) in [4.78, 5) is 0. The molecular formula is C19H22O. The summed E-state index contributed by atoms with van der Waals surface area (Å²) in [5, 5.41) is 11.3. The van der Waals surface area contributed by atoms with E-state index < -0.39 is 0 Å². The molecule has 0 aliphatic heterocycles. The molecule has 0 atom stereocenters. The van der Waals surface area contributed by atoms with Crippen LogP contribution in [0.4, 0.5) is 0 Å². The maximum absolute atomic E-state index is 8.75. The zero-order valence-corrected chi connectivity index (χ0v) is 12.2. The first-order chi connectivity index (χ1) is 9.83. The van der Waals surface area contributed by atoms with Gasteiger partial charge in [-0.1, -0.05) is 55.9 Å². The van der Waals surface area contributed by atoms with Gasteiger partial charge in [0.25, 0.3) is 0 Å². The summed E-state index contributed by atoms with van der Waals surface area (Å²) in [6.45, 7) is 2.36. The fourth-order valence-corrected chi connectivity index (χ4v) is 2.33. The van der Waals surface area contributed by atoms with E-state index in [1.54, 1.807) is 0 Å². The van der Waals surface area contributed by atoms with Crippen LogP contribution in [0.5, 0.6) is 0 Å². The predicted molar refractivity (Wildman–Crippen MR) is 85.8 cm³/mol. The molecule has 0 aliphatic rings. The molecular weight excluding hydrogens is 244 g/mol. The summed E-state index contributed by atoms with van der Waals surface area (Å²) in [6.07, 6.45) is 5.51. The van der Waals surface area contributed by atoms with Crippen LogP contribution >= 0.6 is 0 Å². The minimum Gasteiger partial charge on any atom is -0.395 e. The van der Waals surface area contributed by atoms with Gasteiger partial charge in [0.2, 0.25) is 0 Å². The fourth-order valence-electron chi connectivity index (χ4n) is 2.33. The molecule has 0 radical (unpaired) electrons. The van der Waals surface area contributed by atoms with Crippen molar-refractivity contribution in [1.29, 1.82) is 0 Å². The Hall–Kier alpha value is -1.78. The van der Waals surface area contributed by atoms with Crippen molar-refractivity contribution in [3.63, 3.8) is 0 Å². The molecule has 1 nitrogen and oxygen atoms in total. The molecule has 2 aromatic rings. The Morgan fingerprint density at radius 1 is 1.00 bits per heavy atom. The van der Waals surface area contributed by atoms with Crippen molar-refractivity contribution in [2.75, 3.05) is 6.61 Å². The molecule has 0 unspecified atom stereocenters. The van der Waals surface area contributed by atoms with Gasteiger partial charge in [0.05, 0.1) is 6.61 Å². The van der Waals surface area contributed by atoms with Crippen molar-refractivity contribution in [2.24, 2.45) is 0 Å². The Labute approximate surface area is 121 Å². The largest absolute Gasteiger partial charge is 0.395 e. The molecule has 0 aliphatic carbocycles.